The quantitative estimate of drug-likeness (QED) is 0.445. The standard InChI is InChI=1S/C25H29ClN4O3/c1-5-33-23-9-7-6-8-19(23)10-13-24(31)27-20-11-12-22(21(26)15-20)28-25(32)18(4)30-17(3)14-16(2)29-30/h6-9,11-12,14-15,18H,5,10,13H2,1-4H3,(H,27,31)(H,28,32). The van der Waals surface area contributed by atoms with Gasteiger partial charge in [-0.3, -0.25) is 14.3 Å². The van der Waals surface area contributed by atoms with E-state index in [1.807, 2.05) is 51.1 Å². The smallest absolute Gasteiger partial charge is 0.248 e. The molecule has 2 aromatic carbocycles. The van der Waals surface area contributed by atoms with Crippen LogP contribution >= 0.6 is 11.6 Å². The molecule has 1 heterocycles. The monoisotopic (exact) mass is 468 g/mol. The minimum atomic E-state index is -0.492. The number of aromatic nitrogens is 2. The lowest BCUT2D eigenvalue weighted by Crippen LogP contribution is -2.25. The number of aryl methyl sites for hydroxylation is 3. The van der Waals surface area contributed by atoms with Gasteiger partial charge in [0.15, 0.2) is 0 Å². The summed E-state index contributed by atoms with van der Waals surface area (Å²) >= 11 is 6.37. The lowest BCUT2D eigenvalue weighted by Gasteiger charge is -2.16. The average molecular weight is 469 g/mol. The molecular formula is C25H29ClN4O3. The van der Waals surface area contributed by atoms with Gasteiger partial charge in [0.25, 0.3) is 0 Å². The first-order chi connectivity index (χ1) is 15.8. The highest BCUT2D eigenvalue weighted by molar-refractivity contribution is 6.34. The summed E-state index contributed by atoms with van der Waals surface area (Å²) in [5.74, 6) is 0.436. The number of nitrogens with zero attached hydrogens (tertiary/aromatic N) is 2. The fraction of sp³-hybridized carbons (Fsp3) is 0.320. The van der Waals surface area contributed by atoms with Gasteiger partial charge in [-0.1, -0.05) is 29.8 Å². The number of nitrogens with one attached hydrogen (secondary N) is 2. The van der Waals surface area contributed by atoms with Gasteiger partial charge in [0.2, 0.25) is 11.8 Å². The molecule has 0 saturated carbocycles. The number of ether oxygens (including phenoxy) is 1. The van der Waals surface area contributed by atoms with Crippen molar-refractivity contribution in [1.29, 1.82) is 0 Å². The van der Waals surface area contributed by atoms with Crippen LogP contribution in [0, 0.1) is 13.8 Å². The van der Waals surface area contributed by atoms with Gasteiger partial charge in [0.05, 0.1) is 23.0 Å². The number of rotatable bonds is 9. The highest BCUT2D eigenvalue weighted by Gasteiger charge is 2.19. The first-order valence-corrected chi connectivity index (χ1v) is 11.3. The molecule has 1 unspecified atom stereocenters. The van der Waals surface area contributed by atoms with E-state index < -0.39 is 6.04 Å². The molecule has 2 N–H and O–H groups in total. The van der Waals surface area contributed by atoms with Gasteiger partial charge in [0.1, 0.15) is 11.8 Å². The Bertz CT molecular complexity index is 1140. The Balaban J connectivity index is 1.58. The number of para-hydroxylation sites is 1. The Kier molecular flexibility index (Phi) is 8.11. The van der Waals surface area contributed by atoms with E-state index in [4.69, 9.17) is 16.3 Å². The summed E-state index contributed by atoms with van der Waals surface area (Å²) in [5.41, 5.74) is 3.78. The van der Waals surface area contributed by atoms with E-state index in [0.29, 0.717) is 35.8 Å². The van der Waals surface area contributed by atoms with Gasteiger partial charge in [-0.15, -0.1) is 0 Å². The molecule has 0 aliphatic heterocycles. The molecule has 33 heavy (non-hydrogen) atoms. The topological polar surface area (TPSA) is 85.3 Å². The second-order valence-corrected chi connectivity index (χ2v) is 8.23. The Morgan fingerprint density at radius 1 is 1.12 bits per heavy atom. The van der Waals surface area contributed by atoms with Gasteiger partial charge in [-0.25, -0.2) is 0 Å². The van der Waals surface area contributed by atoms with Crippen LogP contribution in [0.25, 0.3) is 0 Å². The van der Waals surface area contributed by atoms with Gasteiger partial charge < -0.3 is 15.4 Å². The van der Waals surface area contributed by atoms with Crippen molar-refractivity contribution in [2.45, 2.75) is 46.6 Å². The summed E-state index contributed by atoms with van der Waals surface area (Å²) in [6, 6.07) is 14.1. The Morgan fingerprint density at radius 3 is 2.55 bits per heavy atom. The summed E-state index contributed by atoms with van der Waals surface area (Å²) in [6.07, 6.45) is 0.869. The molecule has 1 aromatic heterocycles. The lowest BCUT2D eigenvalue weighted by molar-refractivity contribution is -0.119. The minimum absolute atomic E-state index is 0.132. The van der Waals surface area contributed by atoms with Crippen LogP contribution in [0.1, 0.15) is 43.3 Å². The van der Waals surface area contributed by atoms with E-state index in [1.54, 1.807) is 29.8 Å². The summed E-state index contributed by atoms with van der Waals surface area (Å²) in [5, 5.41) is 10.4. The fourth-order valence-electron chi connectivity index (χ4n) is 3.56. The zero-order valence-corrected chi connectivity index (χ0v) is 20.1. The molecule has 3 aromatic rings. The van der Waals surface area contributed by atoms with Crippen molar-refractivity contribution in [1.82, 2.24) is 9.78 Å². The molecule has 3 rings (SSSR count). The molecule has 0 aliphatic carbocycles. The van der Waals surface area contributed by atoms with Crippen molar-refractivity contribution in [3.8, 4) is 5.75 Å². The molecule has 2 amide bonds. The largest absolute Gasteiger partial charge is 0.494 e. The van der Waals surface area contributed by atoms with Crippen LogP contribution in [-0.4, -0.2) is 28.2 Å². The van der Waals surface area contributed by atoms with Crippen molar-refractivity contribution in [3.63, 3.8) is 0 Å². The summed E-state index contributed by atoms with van der Waals surface area (Å²) in [6.45, 7) is 8.07. The second-order valence-electron chi connectivity index (χ2n) is 7.82. The Hall–Kier alpha value is -3.32. The number of hydrogen-bond acceptors (Lipinski definition) is 4. The normalized spacial score (nSPS) is 11.7. The van der Waals surface area contributed by atoms with E-state index in [1.165, 1.54) is 0 Å². The molecule has 0 fully saturated rings. The van der Waals surface area contributed by atoms with Gasteiger partial charge in [0, 0.05) is 17.8 Å². The molecule has 0 aliphatic rings. The van der Waals surface area contributed by atoms with Crippen molar-refractivity contribution in [2.24, 2.45) is 0 Å². The van der Waals surface area contributed by atoms with E-state index in [9.17, 15) is 9.59 Å². The number of carbonyl (C=O) groups excluding carboxylic acids is 2. The number of amides is 2. The van der Waals surface area contributed by atoms with Crippen LogP contribution in [0.5, 0.6) is 5.75 Å². The summed E-state index contributed by atoms with van der Waals surface area (Å²) in [7, 11) is 0. The van der Waals surface area contributed by atoms with E-state index in [2.05, 4.69) is 15.7 Å². The average Bonchev–Trinajstić information content (AvgIpc) is 3.12. The van der Waals surface area contributed by atoms with Crippen molar-refractivity contribution >= 4 is 34.8 Å². The maximum atomic E-state index is 12.7. The fourth-order valence-corrected chi connectivity index (χ4v) is 3.79. The van der Waals surface area contributed by atoms with E-state index >= 15 is 0 Å². The SMILES string of the molecule is CCOc1ccccc1CCC(=O)Nc1ccc(NC(=O)C(C)n2nc(C)cc2C)c(Cl)c1. The highest BCUT2D eigenvalue weighted by atomic mass is 35.5. The number of carbonyl (C=O) groups is 2. The first kappa shape index (κ1) is 24.3. The Labute approximate surface area is 199 Å². The van der Waals surface area contributed by atoms with Gasteiger partial charge in [-0.05, 0) is 70.0 Å². The van der Waals surface area contributed by atoms with Crippen molar-refractivity contribution in [3.05, 3.63) is 70.5 Å². The molecule has 1 atom stereocenters. The van der Waals surface area contributed by atoms with Crippen LogP contribution in [0.15, 0.2) is 48.5 Å². The highest BCUT2D eigenvalue weighted by Crippen LogP contribution is 2.27. The van der Waals surface area contributed by atoms with Crippen LogP contribution in [0.3, 0.4) is 0 Å². The molecule has 7 nitrogen and oxygen atoms in total. The van der Waals surface area contributed by atoms with Crippen LogP contribution in [0.2, 0.25) is 5.02 Å². The third-order valence-corrected chi connectivity index (χ3v) is 5.51. The molecule has 0 spiro atoms. The Morgan fingerprint density at radius 2 is 1.88 bits per heavy atom. The van der Waals surface area contributed by atoms with Crippen LogP contribution < -0.4 is 15.4 Å². The summed E-state index contributed by atoms with van der Waals surface area (Å²) < 4.78 is 7.29. The number of benzene rings is 2. The second kappa shape index (κ2) is 11.0. The predicted molar refractivity (Wildman–Crippen MR) is 131 cm³/mol. The zero-order chi connectivity index (χ0) is 24.0. The molecule has 0 saturated heterocycles. The van der Waals surface area contributed by atoms with Crippen molar-refractivity contribution < 1.29 is 14.3 Å². The van der Waals surface area contributed by atoms with Crippen LogP contribution in [-0.2, 0) is 16.0 Å². The molecular weight excluding hydrogens is 440 g/mol. The van der Waals surface area contributed by atoms with Gasteiger partial charge >= 0.3 is 0 Å². The van der Waals surface area contributed by atoms with E-state index in [0.717, 1.165) is 22.7 Å². The third-order valence-electron chi connectivity index (χ3n) is 5.20. The van der Waals surface area contributed by atoms with Crippen molar-refractivity contribution in [2.75, 3.05) is 17.2 Å². The number of halogens is 1. The van der Waals surface area contributed by atoms with Gasteiger partial charge in [-0.2, -0.15) is 5.10 Å². The maximum Gasteiger partial charge on any atom is 0.248 e. The molecule has 0 radical (unpaired) electrons. The predicted octanol–water partition coefficient (Wildman–Crippen LogP) is 5.32. The third kappa shape index (κ3) is 6.35. The molecule has 8 heteroatoms. The summed E-state index contributed by atoms with van der Waals surface area (Å²) in [4.78, 5) is 25.1. The van der Waals surface area contributed by atoms with Crippen LogP contribution in [0.4, 0.5) is 11.4 Å². The zero-order valence-electron chi connectivity index (χ0n) is 19.3. The number of anilines is 2. The molecule has 0 bridgehead atoms. The lowest BCUT2D eigenvalue weighted by atomic mass is 10.1. The maximum absolute atomic E-state index is 12.7. The first-order valence-electron chi connectivity index (χ1n) is 10.9. The molecule has 174 valence electrons. The number of hydrogen-bond donors (Lipinski definition) is 2. The van der Waals surface area contributed by atoms with E-state index in [-0.39, 0.29) is 11.8 Å². The minimum Gasteiger partial charge on any atom is -0.494 e.